The molecule has 0 aromatic carbocycles. The van der Waals surface area contributed by atoms with E-state index in [4.69, 9.17) is 4.74 Å². The lowest BCUT2D eigenvalue weighted by atomic mass is 10.0. The van der Waals surface area contributed by atoms with Gasteiger partial charge in [-0.25, -0.2) is 0 Å². The van der Waals surface area contributed by atoms with E-state index in [1.807, 2.05) is 6.08 Å². The summed E-state index contributed by atoms with van der Waals surface area (Å²) in [6.45, 7) is 4.92. The number of hydrogen-bond acceptors (Lipinski definition) is 5. The Morgan fingerprint density at radius 2 is 0.595 bits per heavy atom. The van der Waals surface area contributed by atoms with Gasteiger partial charge in [-0.1, -0.05) is 358 Å². The maximum atomic E-state index is 12.5. The first kappa shape index (κ1) is 81.8. The molecule has 0 saturated heterocycles. The van der Waals surface area contributed by atoms with Crippen molar-refractivity contribution in [3.05, 3.63) is 48.6 Å². The molecule has 2 atom stereocenters. The predicted molar refractivity (Wildman–Crippen MR) is 370 cm³/mol. The molecule has 0 aromatic heterocycles. The summed E-state index contributed by atoms with van der Waals surface area (Å²) in [6, 6.07) is -0.626. The van der Waals surface area contributed by atoms with E-state index >= 15 is 0 Å². The van der Waals surface area contributed by atoms with Gasteiger partial charge < -0.3 is 20.3 Å². The molecule has 0 fully saturated rings. The maximum absolute atomic E-state index is 12.5. The van der Waals surface area contributed by atoms with Gasteiger partial charge in [0.1, 0.15) is 0 Å². The summed E-state index contributed by atoms with van der Waals surface area (Å²) >= 11 is 0. The molecule has 0 radical (unpaired) electrons. The summed E-state index contributed by atoms with van der Waals surface area (Å²) < 4.78 is 5.51. The SMILES string of the molecule is CCCCCCCC/C=C\CCCCCCCCCCCC(=O)OCCCCCCCCCCCCC/C=C\C/C=C\CCCCCCCCCCCCCCCCCCCC(=O)NC(CO)C(O)/C=C/CCCCCCCCCCCCC. The Morgan fingerprint density at radius 1 is 0.333 bits per heavy atom. The smallest absolute Gasteiger partial charge is 0.305 e. The highest BCUT2D eigenvalue weighted by atomic mass is 16.5. The molecule has 3 N–H and O–H groups in total. The fourth-order valence-corrected chi connectivity index (χ4v) is 11.8. The predicted octanol–water partition coefficient (Wildman–Crippen LogP) is 24.8. The minimum Gasteiger partial charge on any atom is -0.466 e. The number of aliphatic hydroxyl groups is 2. The van der Waals surface area contributed by atoms with Crippen LogP contribution in [0.5, 0.6) is 0 Å². The van der Waals surface area contributed by atoms with Crippen LogP contribution in [0.15, 0.2) is 48.6 Å². The highest BCUT2D eigenvalue weighted by Gasteiger charge is 2.18. The van der Waals surface area contributed by atoms with Crippen molar-refractivity contribution in [1.29, 1.82) is 0 Å². The fraction of sp³-hybridized carbons (Fsp3) is 0.872. The molecule has 0 rings (SSSR count). The summed E-state index contributed by atoms with van der Waals surface area (Å²) in [5.41, 5.74) is 0. The summed E-state index contributed by atoms with van der Waals surface area (Å²) in [4.78, 5) is 24.6. The number of rotatable bonds is 71. The summed E-state index contributed by atoms with van der Waals surface area (Å²) in [5.74, 6) is -0.0480. The van der Waals surface area contributed by atoms with Gasteiger partial charge >= 0.3 is 5.97 Å². The third kappa shape index (κ3) is 68.9. The lowest BCUT2D eigenvalue weighted by Gasteiger charge is -2.20. The molecule has 0 aliphatic heterocycles. The molecule has 1 amide bonds. The Balaban J connectivity index is 3.36. The van der Waals surface area contributed by atoms with Crippen molar-refractivity contribution < 1.29 is 24.5 Å². The first-order valence-corrected chi connectivity index (χ1v) is 37.9. The van der Waals surface area contributed by atoms with Gasteiger partial charge in [-0.05, 0) is 89.9 Å². The molecule has 0 aliphatic carbocycles. The lowest BCUT2D eigenvalue weighted by Crippen LogP contribution is -2.45. The molecule has 84 heavy (non-hydrogen) atoms. The Bertz CT molecular complexity index is 1400. The number of ether oxygens (including phenoxy) is 1. The number of hydrogen-bond donors (Lipinski definition) is 3. The molecule has 2 unspecified atom stereocenters. The van der Waals surface area contributed by atoms with Gasteiger partial charge in [0.2, 0.25) is 5.91 Å². The minimum absolute atomic E-state index is 0.0165. The third-order valence-corrected chi connectivity index (χ3v) is 17.6. The molecule has 0 aromatic rings. The zero-order valence-corrected chi connectivity index (χ0v) is 56.6. The van der Waals surface area contributed by atoms with E-state index in [1.165, 1.54) is 340 Å². The van der Waals surface area contributed by atoms with Crippen LogP contribution in [0.25, 0.3) is 0 Å². The number of carbonyl (C=O) groups excluding carboxylic acids is 2. The van der Waals surface area contributed by atoms with E-state index < -0.39 is 12.1 Å². The number of amides is 1. The van der Waals surface area contributed by atoms with Crippen molar-refractivity contribution in [2.45, 2.75) is 424 Å². The molecule has 494 valence electrons. The summed E-state index contributed by atoms with van der Waals surface area (Å²) in [7, 11) is 0. The quantitative estimate of drug-likeness (QED) is 0.0320. The van der Waals surface area contributed by atoms with Gasteiger partial charge in [-0.3, -0.25) is 9.59 Å². The van der Waals surface area contributed by atoms with Gasteiger partial charge in [-0.15, -0.1) is 0 Å². The number of aliphatic hydroxyl groups excluding tert-OH is 2. The van der Waals surface area contributed by atoms with Crippen molar-refractivity contribution in [2.75, 3.05) is 13.2 Å². The second kappa shape index (κ2) is 73.3. The Kier molecular flexibility index (Phi) is 71.4. The molecule has 6 heteroatoms. The molecular weight excluding hydrogens is 1030 g/mol. The van der Waals surface area contributed by atoms with E-state index in [0.29, 0.717) is 19.4 Å². The molecule has 0 bridgehead atoms. The fourth-order valence-electron chi connectivity index (χ4n) is 11.8. The van der Waals surface area contributed by atoms with Crippen LogP contribution >= 0.6 is 0 Å². The van der Waals surface area contributed by atoms with Crippen molar-refractivity contribution in [3.8, 4) is 0 Å². The van der Waals surface area contributed by atoms with E-state index in [2.05, 4.69) is 55.6 Å². The normalized spacial score (nSPS) is 12.8. The second-order valence-corrected chi connectivity index (χ2v) is 26.0. The highest BCUT2D eigenvalue weighted by molar-refractivity contribution is 5.76. The molecule has 0 aliphatic rings. The van der Waals surface area contributed by atoms with Gasteiger partial charge in [0, 0.05) is 12.8 Å². The van der Waals surface area contributed by atoms with Gasteiger partial charge in [0.25, 0.3) is 0 Å². The number of esters is 1. The average molecular weight is 1180 g/mol. The monoisotopic (exact) mass is 1180 g/mol. The van der Waals surface area contributed by atoms with Crippen LogP contribution < -0.4 is 5.32 Å². The van der Waals surface area contributed by atoms with Gasteiger partial charge in [-0.2, -0.15) is 0 Å². The van der Waals surface area contributed by atoms with Crippen LogP contribution in [0, 0.1) is 0 Å². The number of carbonyl (C=O) groups is 2. The Labute approximate surface area is 525 Å². The summed E-state index contributed by atoms with van der Waals surface area (Å²) in [6.07, 6.45) is 96.5. The molecule has 0 saturated carbocycles. The minimum atomic E-state index is -0.842. The van der Waals surface area contributed by atoms with Crippen molar-refractivity contribution >= 4 is 11.9 Å². The number of nitrogens with one attached hydrogen (secondary N) is 1. The lowest BCUT2D eigenvalue weighted by molar-refractivity contribution is -0.143. The van der Waals surface area contributed by atoms with Gasteiger partial charge in [0.05, 0.1) is 25.4 Å². The zero-order valence-electron chi connectivity index (χ0n) is 56.6. The van der Waals surface area contributed by atoms with Crippen LogP contribution in [-0.4, -0.2) is 47.4 Å². The number of unbranched alkanes of at least 4 members (excludes halogenated alkanes) is 54. The molecule has 6 nitrogen and oxygen atoms in total. The highest BCUT2D eigenvalue weighted by Crippen LogP contribution is 2.19. The van der Waals surface area contributed by atoms with Crippen LogP contribution in [-0.2, 0) is 14.3 Å². The Morgan fingerprint density at radius 3 is 0.917 bits per heavy atom. The topological polar surface area (TPSA) is 95.9 Å². The first-order chi connectivity index (χ1) is 41.5. The second-order valence-electron chi connectivity index (χ2n) is 26.0. The van der Waals surface area contributed by atoms with Crippen LogP contribution in [0.2, 0.25) is 0 Å². The maximum Gasteiger partial charge on any atom is 0.305 e. The molecule has 0 heterocycles. The van der Waals surface area contributed by atoms with Crippen molar-refractivity contribution in [2.24, 2.45) is 0 Å². The zero-order chi connectivity index (χ0) is 60.6. The summed E-state index contributed by atoms with van der Waals surface area (Å²) in [5, 5.41) is 23.1. The first-order valence-electron chi connectivity index (χ1n) is 37.9. The van der Waals surface area contributed by atoms with E-state index in [0.717, 1.165) is 44.9 Å². The van der Waals surface area contributed by atoms with E-state index in [1.54, 1.807) is 6.08 Å². The standard InChI is InChI=1S/C78H147NO5/c1-3-5-7-9-11-13-15-17-18-19-37-41-44-48-52-56-60-64-68-72-78(83)84-73-69-65-61-57-53-49-45-42-39-36-34-32-30-28-26-24-22-20-21-23-25-27-29-31-33-35-38-40-43-47-51-55-59-63-67-71-77(82)79-75(74-80)76(81)70-66-62-58-54-50-46-16-14-12-10-8-6-4-2/h17-18,22,24,28,30,66,70,75-76,80-81H,3-16,19-21,23,25-27,29,31-65,67-69,71-74H2,1-2H3,(H,79,82)/b18-17-,24-22-,30-28-,70-66+. The van der Waals surface area contributed by atoms with Gasteiger partial charge in [0.15, 0.2) is 0 Å². The Hall–Kier alpha value is -2.18. The van der Waals surface area contributed by atoms with E-state index in [9.17, 15) is 19.8 Å². The van der Waals surface area contributed by atoms with Crippen molar-refractivity contribution in [3.63, 3.8) is 0 Å². The van der Waals surface area contributed by atoms with Crippen LogP contribution in [0.1, 0.15) is 412 Å². The van der Waals surface area contributed by atoms with Crippen LogP contribution in [0.4, 0.5) is 0 Å². The van der Waals surface area contributed by atoms with Crippen molar-refractivity contribution in [1.82, 2.24) is 5.32 Å². The third-order valence-electron chi connectivity index (χ3n) is 17.6. The number of allylic oxidation sites excluding steroid dienone is 7. The molecule has 0 spiro atoms. The molecular formula is C78H147NO5. The van der Waals surface area contributed by atoms with Crippen LogP contribution in [0.3, 0.4) is 0 Å². The average Bonchev–Trinajstić information content (AvgIpc) is 3.54. The van der Waals surface area contributed by atoms with E-state index in [-0.39, 0.29) is 18.5 Å². The largest absolute Gasteiger partial charge is 0.466 e.